The third-order valence-corrected chi connectivity index (χ3v) is 9.06. The van der Waals surface area contributed by atoms with Crippen molar-refractivity contribution in [3.8, 4) is 0 Å². The predicted octanol–water partition coefficient (Wildman–Crippen LogP) is -4.29. The maximum atomic E-state index is 6.41. The SMILES string of the molecule is CC.COCCOCC(C)[O][Al-]([O]C(C)COCCOC)([O]C(C)COCCOC)[O]C(C)COCCOC.COCCOCC1CO1.[AlH3].[H-].[Li+].[Li+]. The van der Waals surface area contributed by atoms with E-state index in [2.05, 4.69) is 0 Å². The molecule has 0 amide bonds. The Morgan fingerprint density at radius 3 is 0.941 bits per heavy atom. The van der Waals surface area contributed by atoms with E-state index in [1.807, 2.05) is 41.5 Å². The van der Waals surface area contributed by atoms with E-state index in [4.69, 9.17) is 67.3 Å². The molecule has 0 aliphatic carbocycles. The molecule has 0 aromatic heterocycles. The first-order valence-corrected chi connectivity index (χ1v) is 18.9. The molecule has 0 spiro atoms. The van der Waals surface area contributed by atoms with E-state index in [-0.39, 0.29) is 80.9 Å². The smallest absolute Gasteiger partial charge is 1.00 e. The molecule has 1 heterocycles. The first-order valence-electron chi connectivity index (χ1n) is 17.0. The minimum absolute atomic E-state index is 0. The predicted molar refractivity (Wildman–Crippen MR) is 194 cm³/mol. The summed E-state index contributed by atoms with van der Waals surface area (Å²) >= 11 is -4.15. The van der Waals surface area contributed by atoms with E-state index in [0.717, 1.165) is 13.2 Å². The van der Waals surface area contributed by atoms with E-state index in [1.54, 1.807) is 35.5 Å². The van der Waals surface area contributed by atoms with Gasteiger partial charge in [-0.3, -0.25) is 0 Å². The van der Waals surface area contributed by atoms with E-state index >= 15 is 0 Å². The average Bonchev–Trinajstić information content (AvgIpc) is 3.90. The summed E-state index contributed by atoms with van der Waals surface area (Å²) in [6.45, 7) is 19.5. The van der Waals surface area contributed by atoms with Gasteiger partial charge in [0.2, 0.25) is 0 Å². The largest absolute Gasteiger partial charge is 1.00 e. The standard InChI is InChI=1S/C6H12O3.4C6H13O3.C2H6.2Al.2Li.4H/c1-7-2-3-8-4-6-5-9-6;4*1-6(7)5-9-4-3-8-2;1-2;;;;;;;;/h6H,2-5H2,1H3;4*6H,3-5H2,1-2H3;1-2H3;;;;;;;;/q;4*-1;;;+3;2*+1;;;;-1. The van der Waals surface area contributed by atoms with Crippen LogP contribution in [0.1, 0.15) is 43.0 Å². The zero-order valence-electron chi connectivity index (χ0n) is 34.9. The Balaban J connectivity index is -0.000000302. The van der Waals surface area contributed by atoms with Crippen LogP contribution in [-0.4, -0.2) is 204 Å². The van der Waals surface area contributed by atoms with Crippen LogP contribution >= 0.6 is 0 Å². The molecule has 5 atom stereocenters. The monoisotopic (exact) mass is 766 g/mol. The van der Waals surface area contributed by atoms with E-state index in [0.29, 0.717) is 98.6 Å². The van der Waals surface area contributed by atoms with Crippen molar-refractivity contribution in [2.75, 3.05) is 141 Å². The van der Waals surface area contributed by atoms with Gasteiger partial charge in [-0.2, -0.15) is 0 Å². The molecule has 1 aliphatic heterocycles. The second kappa shape index (κ2) is 46.0. The Bertz CT molecular complexity index is 575. The summed E-state index contributed by atoms with van der Waals surface area (Å²) in [5, 5.41) is 0. The summed E-state index contributed by atoms with van der Waals surface area (Å²) in [5.41, 5.74) is 0. The second-order valence-corrected chi connectivity index (χ2v) is 12.9. The summed E-state index contributed by atoms with van der Waals surface area (Å²) in [5.74, 6) is 0. The normalized spacial score (nSPS) is 16.6. The van der Waals surface area contributed by atoms with Crippen LogP contribution in [0, 0.1) is 0 Å². The van der Waals surface area contributed by atoms with Crippen LogP contribution in [0.5, 0.6) is 0 Å². The summed E-state index contributed by atoms with van der Waals surface area (Å²) in [7, 11) is 8.17. The molecule has 51 heavy (non-hydrogen) atoms. The van der Waals surface area contributed by atoms with Crippen molar-refractivity contribution in [1.29, 1.82) is 0 Å². The summed E-state index contributed by atoms with van der Waals surface area (Å²) in [6, 6.07) is 0. The Morgan fingerprint density at radius 2 is 0.725 bits per heavy atom. The van der Waals surface area contributed by atoms with Gasteiger partial charge >= 0.3 is 52.1 Å². The van der Waals surface area contributed by atoms with Gasteiger partial charge < -0.3 is 68.7 Å². The first kappa shape index (κ1) is 61.9. The van der Waals surface area contributed by atoms with Gasteiger partial charge in [0.15, 0.2) is 17.4 Å². The number of hydrogen-bond donors (Lipinski definition) is 0. The molecule has 5 unspecified atom stereocenters. The van der Waals surface area contributed by atoms with Gasteiger partial charge in [0.1, 0.15) is 6.10 Å². The van der Waals surface area contributed by atoms with Gasteiger partial charge in [0.25, 0.3) is 0 Å². The molecule has 15 nitrogen and oxygen atoms in total. The second-order valence-electron chi connectivity index (χ2n) is 10.7. The van der Waals surface area contributed by atoms with Crippen LogP contribution in [0.3, 0.4) is 0 Å². The van der Waals surface area contributed by atoms with Gasteiger partial charge in [-0.15, -0.1) is 0 Å². The minimum Gasteiger partial charge on any atom is -1.00 e. The van der Waals surface area contributed by atoms with Crippen LogP contribution in [0.2, 0.25) is 0 Å². The van der Waals surface area contributed by atoms with Crippen LogP contribution < -0.4 is 37.7 Å². The number of methoxy groups -OCH3 is 5. The van der Waals surface area contributed by atoms with Crippen molar-refractivity contribution in [2.45, 2.75) is 72.1 Å². The molecule has 0 bridgehead atoms. The quantitative estimate of drug-likeness (QED) is 0.0361. The van der Waals surface area contributed by atoms with E-state index in [1.165, 1.54) is 0 Å². The van der Waals surface area contributed by atoms with Crippen molar-refractivity contribution in [3.63, 3.8) is 0 Å². The fourth-order valence-electron chi connectivity index (χ4n) is 3.58. The van der Waals surface area contributed by atoms with Crippen LogP contribution in [-0.2, 0) is 67.3 Å². The fourth-order valence-corrected chi connectivity index (χ4v) is 6.55. The molecule has 0 radical (unpaired) electrons. The molecule has 0 N–H and O–H groups in total. The van der Waals surface area contributed by atoms with Gasteiger partial charge in [0.05, 0.1) is 106 Å². The van der Waals surface area contributed by atoms with Crippen molar-refractivity contribution >= 4 is 31.8 Å². The Morgan fingerprint density at radius 1 is 0.490 bits per heavy atom. The summed E-state index contributed by atoms with van der Waals surface area (Å²) in [6.07, 6.45) is -1.10. The van der Waals surface area contributed by atoms with Crippen LogP contribution in [0.15, 0.2) is 0 Å². The number of rotatable bonds is 33. The maximum Gasteiger partial charge on any atom is 1.00 e. The molecule has 1 rings (SSSR count). The van der Waals surface area contributed by atoms with Crippen molar-refractivity contribution in [2.24, 2.45) is 0 Å². The number of epoxide rings is 1. The van der Waals surface area contributed by atoms with Gasteiger partial charge in [-0.1, -0.05) is 13.8 Å². The third kappa shape index (κ3) is 42.6. The average molecular weight is 767 g/mol. The third-order valence-electron chi connectivity index (χ3n) is 5.87. The molecule has 0 aromatic carbocycles. The van der Waals surface area contributed by atoms with Crippen LogP contribution in [0.4, 0.5) is 0 Å². The first-order chi connectivity index (χ1) is 23.2. The zero-order valence-corrected chi connectivity index (χ0v) is 35.1. The maximum absolute atomic E-state index is 6.41. The van der Waals surface area contributed by atoms with Crippen LogP contribution in [0.25, 0.3) is 0 Å². The van der Waals surface area contributed by atoms with Crippen molar-refractivity contribution in [1.82, 2.24) is 0 Å². The molecule has 300 valence electrons. The zero-order chi connectivity index (χ0) is 36.3. The fraction of sp³-hybridized carbons (Fsp3) is 1.00. The van der Waals surface area contributed by atoms with E-state index in [9.17, 15) is 0 Å². The molecule has 0 aromatic rings. The number of ether oxygens (including phenoxy) is 11. The number of hydrogen-bond acceptors (Lipinski definition) is 15. The Labute approximate surface area is 349 Å². The van der Waals surface area contributed by atoms with Gasteiger partial charge in [0, 0.05) is 60.0 Å². The van der Waals surface area contributed by atoms with Crippen molar-refractivity contribution < 1.29 is 106 Å². The Kier molecular flexibility index (Phi) is 55.9. The van der Waals surface area contributed by atoms with Gasteiger partial charge in [-0.25, -0.2) is 0 Å². The molecule has 1 saturated heterocycles. The summed E-state index contributed by atoms with van der Waals surface area (Å²) < 4.78 is 83.3. The van der Waals surface area contributed by atoms with Crippen molar-refractivity contribution in [3.05, 3.63) is 0 Å². The molecule has 19 heteroatoms. The molecular weight excluding hydrogens is 692 g/mol. The summed E-state index contributed by atoms with van der Waals surface area (Å²) in [4.78, 5) is 0. The topological polar surface area (TPSA) is 142 Å². The molecule has 1 aliphatic rings. The van der Waals surface area contributed by atoms with E-state index < -0.39 is 14.4 Å². The molecule has 0 saturated carbocycles. The van der Waals surface area contributed by atoms with Gasteiger partial charge in [-0.05, 0) is 27.7 Å². The minimum atomic E-state index is -4.15. The molecular formula is C32H74Al2Li2O15. The molecule has 1 fully saturated rings. The Hall–Kier alpha value is 1.66.